The van der Waals surface area contributed by atoms with Crippen LogP contribution in [0.3, 0.4) is 0 Å². The minimum absolute atomic E-state index is 0.0744. The lowest BCUT2D eigenvalue weighted by Crippen LogP contribution is -2.30. The third-order valence-corrected chi connectivity index (χ3v) is 10.3. The van der Waals surface area contributed by atoms with Crippen molar-refractivity contribution >= 4 is 11.9 Å². The van der Waals surface area contributed by atoms with Crippen LogP contribution in [-0.4, -0.2) is 37.9 Å². The number of carbonyl (C=O) groups excluding carboxylic acids is 2. The topological polar surface area (TPSA) is 61.8 Å². The Labute approximate surface area is 348 Å². The van der Waals surface area contributed by atoms with Crippen molar-refractivity contribution in [1.82, 2.24) is 0 Å². The van der Waals surface area contributed by atoms with Gasteiger partial charge in [0.2, 0.25) is 0 Å². The molecule has 0 amide bonds. The molecule has 56 heavy (non-hydrogen) atoms. The Kier molecular flexibility index (Phi) is 45.4. The molecule has 0 spiro atoms. The van der Waals surface area contributed by atoms with Gasteiger partial charge in [-0.05, 0) is 83.5 Å². The Hall–Kier alpha value is -2.14. The first-order valence-corrected chi connectivity index (χ1v) is 24.2. The highest BCUT2D eigenvalue weighted by Gasteiger charge is 2.17. The number of rotatable bonds is 44. The Balaban J connectivity index is 4.27. The Morgan fingerprint density at radius 3 is 1.21 bits per heavy atom. The standard InChI is InChI=1S/C51H92O5/c1-4-7-10-13-16-19-22-24-26-28-30-32-35-38-41-44-50(52)55-48-49(47-54-46-43-40-37-34-21-18-15-12-9-6-3)56-51(53)45-42-39-36-33-31-29-27-25-23-20-17-14-11-8-5-2/h16-17,19-20,24-27,49H,4-15,18,21-23,28-48H2,1-3H3/b19-16-,20-17-,26-24-,27-25-. The molecular weight excluding hydrogens is 693 g/mol. The number of unbranched alkanes of at least 4 members (excludes halogenated alkanes) is 25. The van der Waals surface area contributed by atoms with Gasteiger partial charge in [-0.15, -0.1) is 0 Å². The summed E-state index contributed by atoms with van der Waals surface area (Å²) in [4.78, 5) is 25.3. The number of allylic oxidation sites excluding steroid dienone is 8. The third-order valence-electron chi connectivity index (χ3n) is 10.3. The molecule has 326 valence electrons. The minimum Gasteiger partial charge on any atom is -0.462 e. The number of ether oxygens (including phenoxy) is 3. The maximum Gasteiger partial charge on any atom is 0.306 e. The van der Waals surface area contributed by atoms with Crippen LogP contribution in [0.2, 0.25) is 0 Å². The second kappa shape index (κ2) is 47.2. The van der Waals surface area contributed by atoms with Crippen LogP contribution in [0.5, 0.6) is 0 Å². The molecule has 0 bridgehead atoms. The van der Waals surface area contributed by atoms with Crippen molar-refractivity contribution in [3.8, 4) is 0 Å². The van der Waals surface area contributed by atoms with Crippen LogP contribution in [0, 0.1) is 0 Å². The van der Waals surface area contributed by atoms with E-state index in [2.05, 4.69) is 69.4 Å². The van der Waals surface area contributed by atoms with Gasteiger partial charge in [-0.25, -0.2) is 0 Å². The first-order chi connectivity index (χ1) is 27.6. The van der Waals surface area contributed by atoms with Crippen LogP contribution in [0.15, 0.2) is 48.6 Å². The van der Waals surface area contributed by atoms with Gasteiger partial charge in [0.05, 0.1) is 6.61 Å². The van der Waals surface area contributed by atoms with E-state index < -0.39 is 6.10 Å². The highest BCUT2D eigenvalue weighted by atomic mass is 16.6. The maximum atomic E-state index is 12.7. The molecule has 0 aromatic carbocycles. The summed E-state index contributed by atoms with van der Waals surface area (Å²) in [5.74, 6) is -0.423. The van der Waals surface area contributed by atoms with Gasteiger partial charge in [-0.3, -0.25) is 9.59 Å². The van der Waals surface area contributed by atoms with Gasteiger partial charge in [0.1, 0.15) is 6.61 Å². The molecule has 5 nitrogen and oxygen atoms in total. The van der Waals surface area contributed by atoms with Crippen LogP contribution >= 0.6 is 0 Å². The quantitative estimate of drug-likeness (QED) is 0.0350. The van der Waals surface area contributed by atoms with Gasteiger partial charge < -0.3 is 14.2 Å². The largest absolute Gasteiger partial charge is 0.462 e. The van der Waals surface area contributed by atoms with E-state index in [0.717, 1.165) is 77.0 Å². The summed E-state index contributed by atoms with van der Waals surface area (Å²) < 4.78 is 17.3. The summed E-state index contributed by atoms with van der Waals surface area (Å²) in [6.45, 7) is 7.76. The van der Waals surface area contributed by atoms with E-state index in [1.165, 1.54) is 128 Å². The van der Waals surface area contributed by atoms with Gasteiger partial charge in [0.15, 0.2) is 6.10 Å². The average Bonchev–Trinajstić information content (AvgIpc) is 3.20. The van der Waals surface area contributed by atoms with Crippen LogP contribution < -0.4 is 0 Å². The second-order valence-corrected chi connectivity index (χ2v) is 16.0. The summed E-state index contributed by atoms with van der Waals surface area (Å²) >= 11 is 0. The fraction of sp³-hybridized carbons (Fsp3) is 0.804. The molecule has 0 aromatic heterocycles. The molecule has 0 aliphatic rings. The molecule has 0 aromatic rings. The molecule has 0 aliphatic heterocycles. The van der Waals surface area contributed by atoms with Gasteiger partial charge in [-0.2, -0.15) is 0 Å². The fourth-order valence-electron chi connectivity index (χ4n) is 6.69. The lowest BCUT2D eigenvalue weighted by atomic mass is 10.1. The molecule has 0 rings (SSSR count). The zero-order valence-corrected chi connectivity index (χ0v) is 37.4. The molecular formula is C51H92O5. The van der Waals surface area contributed by atoms with Gasteiger partial charge in [0, 0.05) is 19.4 Å². The zero-order valence-electron chi connectivity index (χ0n) is 37.4. The fourth-order valence-corrected chi connectivity index (χ4v) is 6.69. The molecule has 5 heteroatoms. The zero-order chi connectivity index (χ0) is 40.7. The van der Waals surface area contributed by atoms with Crippen molar-refractivity contribution in [3.63, 3.8) is 0 Å². The van der Waals surface area contributed by atoms with E-state index in [-0.39, 0.29) is 25.2 Å². The van der Waals surface area contributed by atoms with Crippen LogP contribution in [-0.2, 0) is 23.8 Å². The van der Waals surface area contributed by atoms with Crippen molar-refractivity contribution < 1.29 is 23.8 Å². The van der Waals surface area contributed by atoms with Crippen molar-refractivity contribution in [2.24, 2.45) is 0 Å². The van der Waals surface area contributed by atoms with Crippen LogP contribution in [0.25, 0.3) is 0 Å². The summed E-state index contributed by atoms with van der Waals surface area (Å²) in [6.07, 6.45) is 56.7. The predicted molar refractivity (Wildman–Crippen MR) is 242 cm³/mol. The van der Waals surface area contributed by atoms with Gasteiger partial charge in [-0.1, -0.05) is 191 Å². The highest BCUT2D eigenvalue weighted by molar-refractivity contribution is 5.70. The van der Waals surface area contributed by atoms with Gasteiger partial charge in [0.25, 0.3) is 0 Å². The average molecular weight is 785 g/mol. The number of hydrogen-bond acceptors (Lipinski definition) is 5. The molecule has 0 fully saturated rings. The maximum absolute atomic E-state index is 12.7. The molecule has 0 saturated heterocycles. The van der Waals surface area contributed by atoms with E-state index in [9.17, 15) is 9.59 Å². The lowest BCUT2D eigenvalue weighted by Gasteiger charge is -2.18. The smallest absolute Gasteiger partial charge is 0.306 e. The van der Waals surface area contributed by atoms with Crippen LogP contribution in [0.1, 0.15) is 239 Å². The van der Waals surface area contributed by atoms with E-state index in [1.54, 1.807) is 0 Å². The summed E-state index contributed by atoms with van der Waals surface area (Å²) in [6, 6.07) is 0. The van der Waals surface area contributed by atoms with E-state index in [1.807, 2.05) is 0 Å². The Morgan fingerprint density at radius 1 is 0.393 bits per heavy atom. The number of carbonyl (C=O) groups is 2. The SMILES string of the molecule is CCCCC/C=C\C/C=C\CCCCCCCC(=O)OCC(COCCCCCCCCCCCC)OC(=O)CCCCCCC/C=C\C/C=C\CCCCC. The molecule has 0 heterocycles. The predicted octanol–water partition coefficient (Wildman–Crippen LogP) is 16.0. The molecule has 0 radical (unpaired) electrons. The first kappa shape index (κ1) is 53.9. The minimum atomic E-state index is -0.544. The molecule has 0 N–H and O–H groups in total. The van der Waals surface area contributed by atoms with Gasteiger partial charge >= 0.3 is 11.9 Å². The number of hydrogen-bond donors (Lipinski definition) is 0. The molecule has 0 saturated carbocycles. The summed E-state index contributed by atoms with van der Waals surface area (Å²) in [7, 11) is 0. The van der Waals surface area contributed by atoms with E-state index in [4.69, 9.17) is 14.2 Å². The molecule has 1 unspecified atom stereocenters. The number of esters is 2. The summed E-state index contributed by atoms with van der Waals surface area (Å²) in [5.41, 5.74) is 0. The Bertz CT molecular complexity index is 935. The van der Waals surface area contributed by atoms with Crippen molar-refractivity contribution in [3.05, 3.63) is 48.6 Å². The van der Waals surface area contributed by atoms with Crippen LogP contribution in [0.4, 0.5) is 0 Å². The highest BCUT2D eigenvalue weighted by Crippen LogP contribution is 2.13. The lowest BCUT2D eigenvalue weighted by molar-refractivity contribution is -0.163. The summed E-state index contributed by atoms with van der Waals surface area (Å²) in [5, 5.41) is 0. The van der Waals surface area contributed by atoms with E-state index >= 15 is 0 Å². The monoisotopic (exact) mass is 785 g/mol. The molecule has 0 aliphatic carbocycles. The normalized spacial score (nSPS) is 12.6. The molecule has 1 atom stereocenters. The second-order valence-electron chi connectivity index (χ2n) is 16.0. The van der Waals surface area contributed by atoms with E-state index in [0.29, 0.717) is 19.4 Å². The third kappa shape index (κ3) is 44.6. The van der Waals surface area contributed by atoms with Crippen molar-refractivity contribution in [1.29, 1.82) is 0 Å². The first-order valence-electron chi connectivity index (χ1n) is 24.2. The van der Waals surface area contributed by atoms with Crippen molar-refractivity contribution in [2.75, 3.05) is 19.8 Å². The Morgan fingerprint density at radius 2 is 0.750 bits per heavy atom. The van der Waals surface area contributed by atoms with Crippen molar-refractivity contribution in [2.45, 2.75) is 245 Å².